The number of amides is 1. The second-order valence-corrected chi connectivity index (χ2v) is 7.82. The van der Waals surface area contributed by atoms with E-state index in [0.717, 1.165) is 65.4 Å². The molecule has 2 aliphatic heterocycles. The van der Waals surface area contributed by atoms with Gasteiger partial charge < -0.3 is 9.64 Å². The third kappa shape index (κ3) is 5.74. The number of hydrogen-bond donors (Lipinski definition) is 0. The normalized spacial score (nSPS) is 20.1. The van der Waals surface area contributed by atoms with Crippen LogP contribution in [0.25, 0.3) is 0 Å². The topological polar surface area (TPSA) is 48.9 Å². The molecule has 140 valence electrons. The molecule has 1 amide bonds. The Labute approximate surface area is 154 Å². The number of ether oxygens (including phenoxy) is 1. The van der Waals surface area contributed by atoms with Gasteiger partial charge in [0.1, 0.15) is 0 Å². The summed E-state index contributed by atoms with van der Waals surface area (Å²) in [5.41, 5.74) is 1.18. The van der Waals surface area contributed by atoms with Crippen molar-refractivity contribution in [2.24, 2.45) is 0 Å². The van der Waals surface area contributed by atoms with Gasteiger partial charge in [0.2, 0.25) is 5.91 Å². The van der Waals surface area contributed by atoms with Gasteiger partial charge in [0.25, 0.3) is 0 Å². The first kappa shape index (κ1) is 18.8. The first-order valence-electron chi connectivity index (χ1n) is 9.48. The fraction of sp³-hybridized carbons (Fsp3) is 0.778. The Bertz CT molecular complexity index is 537. The van der Waals surface area contributed by atoms with Crippen LogP contribution in [-0.2, 0) is 22.5 Å². The molecule has 3 heterocycles. The lowest BCUT2D eigenvalue weighted by Gasteiger charge is -2.36. The highest BCUT2D eigenvalue weighted by molar-refractivity contribution is 7.09. The molecule has 0 bridgehead atoms. The third-order valence-corrected chi connectivity index (χ3v) is 5.87. The lowest BCUT2D eigenvalue weighted by Crippen LogP contribution is -2.52. The zero-order valence-corrected chi connectivity index (χ0v) is 16.1. The summed E-state index contributed by atoms with van der Waals surface area (Å²) in [7, 11) is 0. The van der Waals surface area contributed by atoms with Crippen LogP contribution in [0.5, 0.6) is 0 Å². The molecule has 7 heteroatoms. The fourth-order valence-electron chi connectivity index (χ4n) is 3.30. The van der Waals surface area contributed by atoms with Crippen LogP contribution in [0.1, 0.15) is 30.5 Å². The van der Waals surface area contributed by atoms with E-state index < -0.39 is 0 Å². The zero-order valence-electron chi connectivity index (χ0n) is 15.3. The Hall–Kier alpha value is -1.02. The highest BCUT2D eigenvalue weighted by atomic mass is 32.1. The molecule has 2 fully saturated rings. The van der Waals surface area contributed by atoms with Crippen molar-refractivity contribution in [1.29, 1.82) is 0 Å². The van der Waals surface area contributed by atoms with Crippen molar-refractivity contribution in [3.63, 3.8) is 0 Å². The van der Waals surface area contributed by atoms with Gasteiger partial charge >= 0.3 is 0 Å². The molecule has 6 nitrogen and oxygen atoms in total. The lowest BCUT2D eigenvalue weighted by molar-refractivity contribution is -0.135. The Balaban J connectivity index is 1.39. The number of nitrogens with zero attached hydrogens (tertiary/aromatic N) is 4. The van der Waals surface area contributed by atoms with Crippen LogP contribution in [-0.4, -0.2) is 84.6 Å². The Morgan fingerprint density at radius 3 is 2.64 bits per heavy atom. The number of carbonyl (C=O) groups excluding carboxylic acids is 1. The van der Waals surface area contributed by atoms with E-state index in [1.165, 1.54) is 23.5 Å². The van der Waals surface area contributed by atoms with Crippen LogP contribution >= 0.6 is 11.3 Å². The molecule has 0 unspecified atom stereocenters. The predicted octanol–water partition coefficient (Wildman–Crippen LogP) is 1.46. The summed E-state index contributed by atoms with van der Waals surface area (Å²) in [6.45, 7) is 10.4. The smallest absolute Gasteiger partial charge is 0.236 e. The second kappa shape index (κ2) is 9.62. The Kier molecular flexibility index (Phi) is 7.22. The van der Waals surface area contributed by atoms with E-state index >= 15 is 0 Å². The minimum absolute atomic E-state index is 0.261. The molecule has 0 spiro atoms. The van der Waals surface area contributed by atoms with Gasteiger partial charge in [-0.15, -0.1) is 11.3 Å². The van der Waals surface area contributed by atoms with Crippen molar-refractivity contribution in [3.05, 3.63) is 16.1 Å². The zero-order chi connectivity index (χ0) is 17.5. The minimum Gasteiger partial charge on any atom is -0.379 e. The Morgan fingerprint density at radius 2 is 1.92 bits per heavy atom. The van der Waals surface area contributed by atoms with Crippen molar-refractivity contribution >= 4 is 17.2 Å². The van der Waals surface area contributed by atoms with E-state index in [1.54, 1.807) is 11.3 Å². The van der Waals surface area contributed by atoms with Gasteiger partial charge in [-0.25, -0.2) is 4.98 Å². The summed E-state index contributed by atoms with van der Waals surface area (Å²) in [5.74, 6) is 0.261. The number of hydrogen-bond acceptors (Lipinski definition) is 6. The monoisotopic (exact) mass is 366 g/mol. The number of carbonyl (C=O) groups is 1. The summed E-state index contributed by atoms with van der Waals surface area (Å²) in [5, 5.41) is 3.46. The van der Waals surface area contributed by atoms with Crippen molar-refractivity contribution in [1.82, 2.24) is 19.7 Å². The van der Waals surface area contributed by atoms with E-state index in [4.69, 9.17) is 9.72 Å². The molecule has 2 aliphatic rings. The van der Waals surface area contributed by atoms with Crippen LogP contribution < -0.4 is 0 Å². The standard InChI is InChI=1S/C18H30N4O2S/c1-2-3-4-17-19-16(15-25-17)13-20-5-7-22(8-6-20)18(23)14-21-9-11-24-12-10-21/h15H,2-14H2,1H3. The van der Waals surface area contributed by atoms with Gasteiger partial charge in [0.05, 0.1) is 30.5 Å². The number of rotatable bonds is 7. The third-order valence-electron chi connectivity index (χ3n) is 4.92. The van der Waals surface area contributed by atoms with Gasteiger partial charge in [-0.1, -0.05) is 13.3 Å². The second-order valence-electron chi connectivity index (χ2n) is 6.88. The molecule has 25 heavy (non-hydrogen) atoms. The molecule has 2 saturated heterocycles. The highest BCUT2D eigenvalue weighted by Gasteiger charge is 2.23. The minimum atomic E-state index is 0.261. The van der Waals surface area contributed by atoms with Crippen molar-refractivity contribution in [2.75, 3.05) is 59.0 Å². The van der Waals surface area contributed by atoms with Gasteiger partial charge in [0.15, 0.2) is 0 Å². The molecule has 3 rings (SSSR count). The van der Waals surface area contributed by atoms with Crippen LogP contribution in [0.2, 0.25) is 0 Å². The maximum absolute atomic E-state index is 12.4. The maximum Gasteiger partial charge on any atom is 0.236 e. The van der Waals surface area contributed by atoms with E-state index in [1.807, 2.05) is 4.90 Å². The molecular formula is C18H30N4O2S. The molecule has 1 aromatic heterocycles. The average Bonchev–Trinajstić information content (AvgIpc) is 3.08. The number of piperazine rings is 1. The first-order valence-corrected chi connectivity index (χ1v) is 10.4. The predicted molar refractivity (Wildman–Crippen MR) is 99.8 cm³/mol. The van der Waals surface area contributed by atoms with Gasteiger partial charge in [0, 0.05) is 51.2 Å². The summed E-state index contributed by atoms with van der Waals surface area (Å²) in [4.78, 5) is 23.8. The van der Waals surface area contributed by atoms with E-state index in [-0.39, 0.29) is 5.91 Å². The van der Waals surface area contributed by atoms with Crippen molar-refractivity contribution in [2.45, 2.75) is 32.7 Å². The number of morpholine rings is 1. The molecule has 0 aliphatic carbocycles. The van der Waals surface area contributed by atoms with Gasteiger partial charge in [-0.05, 0) is 12.8 Å². The number of aryl methyl sites for hydroxylation is 1. The first-order chi connectivity index (χ1) is 12.2. The lowest BCUT2D eigenvalue weighted by atomic mass is 10.2. The molecule has 1 aromatic rings. The number of aromatic nitrogens is 1. The van der Waals surface area contributed by atoms with Gasteiger partial charge in [-0.3, -0.25) is 14.6 Å². The van der Waals surface area contributed by atoms with E-state index in [0.29, 0.717) is 6.54 Å². The van der Waals surface area contributed by atoms with Crippen LogP contribution in [0.3, 0.4) is 0 Å². The van der Waals surface area contributed by atoms with Gasteiger partial charge in [-0.2, -0.15) is 0 Å². The largest absolute Gasteiger partial charge is 0.379 e. The Morgan fingerprint density at radius 1 is 1.16 bits per heavy atom. The van der Waals surface area contributed by atoms with Crippen LogP contribution in [0.15, 0.2) is 5.38 Å². The van der Waals surface area contributed by atoms with E-state index in [9.17, 15) is 4.79 Å². The molecule has 0 radical (unpaired) electrons. The van der Waals surface area contributed by atoms with Crippen LogP contribution in [0, 0.1) is 0 Å². The van der Waals surface area contributed by atoms with Crippen molar-refractivity contribution in [3.8, 4) is 0 Å². The van der Waals surface area contributed by atoms with E-state index in [2.05, 4.69) is 22.1 Å². The molecule has 0 aromatic carbocycles. The summed E-state index contributed by atoms with van der Waals surface area (Å²) < 4.78 is 5.34. The SMILES string of the molecule is CCCCc1nc(CN2CCN(C(=O)CN3CCOCC3)CC2)cs1. The molecule has 0 saturated carbocycles. The summed E-state index contributed by atoms with van der Waals surface area (Å²) in [6.07, 6.45) is 3.54. The summed E-state index contributed by atoms with van der Waals surface area (Å²) in [6, 6.07) is 0. The van der Waals surface area contributed by atoms with Crippen LogP contribution in [0.4, 0.5) is 0 Å². The maximum atomic E-state index is 12.4. The number of thiazole rings is 1. The molecular weight excluding hydrogens is 336 g/mol. The fourth-order valence-corrected chi connectivity index (χ4v) is 4.13. The average molecular weight is 367 g/mol. The summed E-state index contributed by atoms with van der Waals surface area (Å²) >= 11 is 1.78. The highest BCUT2D eigenvalue weighted by Crippen LogP contribution is 2.15. The molecule has 0 atom stereocenters. The number of unbranched alkanes of at least 4 members (excludes halogenated alkanes) is 1. The van der Waals surface area contributed by atoms with Crippen molar-refractivity contribution < 1.29 is 9.53 Å². The molecule has 0 N–H and O–H groups in total. The quantitative estimate of drug-likeness (QED) is 0.731.